The molecular formula is C11H14OSe. The molecule has 0 saturated heterocycles. The molecule has 0 radical (unpaired) electrons. The van der Waals surface area contributed by atoms with Gasteiger partial charge in [0.25, 0.3) is 0 Å². The van der Waals surface area contributed by atoms with Crippen LogP contribution in [0.15, 0.2) is 24.3 Å². The summed E-state index contributed by atoms with van der Waals surface area (Å²) in [5.41, 5.74) is 1.31. The topological polar surface area (TPSA) is 17.1 Å². The monoisotopic (exact) mass is 242 g/mol. The van der Waals surface area contributed by atoms with Crippen LogP contribution in [0, 0.1) is 6.92 Å². The first kappa shape index (κ1) is 10.5. The third-order valence-corrected chi connectivity index (χ3v) is 4.06. The first-order valence-corrected chi connectivity index (χ1v) is 6.53. The molecule has 1 nitrogen and oxygen atoms in total. The Labute approximate surface area is 85.7 Å². The van der Waals surface area contributed by atoms with Crippen LogP contribution in [0.3, 0.4) is 0 Å². The molecule has 0 bridgehead atoms. The van der Waals surface area contributed by atoms with Crippen molar-refractivity contribution in [3.8, 4) is 0 Å². The van der Waals surface area contributed by atoms with Gasteiger partial charge in [-0.3, -0.25) is 0 Å². The van der Waals surface area contributed by atoms with E-state index in [1.165, 1.54) is 15.3 Å². The Bertz CT molecular complexity index is 253. The van der Waals surface area contributed by atoms with E-state index < -0.39 is 0 Å². The molecule has 1 aromatic carbocycles. The first-order chi connectivity index (χ1) is 6.33. The number of carbonyl (C=O) groups is 1. The van der Waals surface area contributed by atoms with Gasteiger partial charge in [0, 0.05) is 0 Å². The summed E-state index contributed by atoms with van der Waals surface area (Å²) in [5, 5.41) is 1.18. The molecule has 0 atom stereocenters. The molecule has 0 spiro atoms. The molecule has 13 heavy (non-hydrogen) atoms. The van der Waals surface area contributed by atoms with E-state index in [9.17, 15) is 4.79 Å². The van der Waals surface area contributed by atoms with Crippen molar-refractivity contribution in [2.45, 2.75) is 25.1 Å². The minimum absolute atomic E-state index is 0.552. The van der Waals surface area contributed by atoms with Crippen LogP contribution >= 0.6 is 0 Å². The number of aryl methyl sites for hydroxylation is 1. The SMILES string of the molecule is Cc1ccc([Se]CCCC=O)cc1. The predicted octanol–water partition coefficient (Wildman–Crippen LogP) is 1.72. The van der Waals surface area contributed by atoms with E-state index in [0.29, 0.717) is 21.4 Å². The van der Waals surface area contributed by atoms with Crippen LogP contribution in [0.5, 0.6) is 0 Å². The van der Waals surface area contributed by atoms with Crippen LogP contribution in [0.2, 0.25) is 5.32 Å². The fraction of sp³-hybridized carbons (Fsp3) is 0.364. The van der Waals surface area contributed by atoms with E-state index >= 15 is 0 Å². The Hall–Kier alpha value is -0.591. The number of hydrogen-bond donors (Lipinski definition) is 0. The van der Waals surface area contributed by atoms with Gasteiger partial charge in [-0.2, -0.15) is 0 Å². The van der Waals surface area contributed by atoms with Gasteiger partial charge in [-0.15, -0.1) is 0 Å². The van der Waals surface area contributed by atoms with Crippen LogP contribution in [-0.4, -0.2) is 21.2 Å². The van der Waals surface area contributed by atoms with Gasteiger partial charge >= 0.3 is 85.4 Å². The predicted molar refractivity (Wildman–Crippen MR) is 56.7 cm³/mol. The van der Waals surface area contributed by atoms with Crippen molar-refractivity contribution in [2.75, 3.05) is 0 Å². The zero-order valence-corrected chi connectivity index (χ0v) is 9.54. The van der Waals surface area contributed by atoms with Crippen molar-refractivity contribution in [2.24, 2.45) is 0 Å². The number of aldehydes is 1. The van der Waals surface area contributed by atoms with Crippen LogP contribution in [-0.2, 0) is 4.79 Å². The summed E-state index contributed by atoms with van der Waals surface area (Å²) in [7, 11) is 0. The average molecular weight is 241 g/mol. The Morgan fingerprint density at radius 1 is 1.31 bits per heavy atom. The molecule has 1 aromatic rings. The third kappa shape index (κ3) is 4.25. The summed E-state index contributed by atoms with van der Waals surface area (Å²) < 4.78 is 1.43. The van der Waals surface area contributed by atoms with Gasteiger partial charge in [0.2, 0.25) is 0 Å². The second kappa shape index (κ2) is 5.95. The number of unbranched alkanes of at least 4 members (excludes halogenated alkanes) is 1. The summed E-state index contributed by atoms with van der Waals surface area (Å²) in [6.45, 7) is 2.10. The molecule has 0 fully saturated rings. The molecule has 0 N–H and O–H groups in total. The van der Waals surface area contributed by atoms with E-state index in [1.54, 1.807) is 0 Å². The standard InChI is InChI=1S/C11H14OSe/c1-10-4-6-11(7-5-10)13-9-3-2-8-12/h4-8H,2-3,9H2,1H3. The van der Waals surface area contributed by atoms with Gasteiger partial charge in [0.15, 0.2) is 0 Å². The quantitative estimate of drug-likeness (QED) is 0.436. The van der Waals surface area contributed by atoms with Crippen molar-refractivity contribution >= 4 is 25.7 Å². The molecule has 0 aliphatic heterocycles. The van der Waals surface area contributed by atoms with Crippen molar-refractivity contribution in [1.29, 1.82) is 0 Å². The molecule has 0 aliphatic rings. The second-order valence-corrected chi connectivity index (χ2v) is 5.42. The Balaban J connectivity index is 2.28. The Morgan fingerprint density at radius 3 is 2.62 bits per heavy atom. The zero-order chi connectivity index (χ0) is 9.52. The average Bonchev–Trinajstić information content (AvgIpc) is 2.15. The number of benzene rings is 1. The zero-order valence-electron chi connectivity index (χ0n) is 7.82. The molecule has 0 unspecified atom stereocenters. The summed E-state index contributed by atoms with van der Waals surface area (Å²) in [6, 6.07) is 8.68. The Morgan fingerprint density at radius 2 is 2.00 bits per heavy atom. The van der Waals surface area contributed by atoms with E-state index in [-0.39, 0.29) is 0 Å². The van der Waals surface area contributed by atoms with E-state index in [2.05, 4.69) is 31.2 Å². The maximum atomic E-state index is 10.1. The maximum absolute atomic E-state index is 10.1. The fourth-order valence-electron chi connectivity index (χ4n) is 0.991. The molecule has 0 saturated carbocycles. The number of rotatable bonds is 5. The third-order valence-electron chi connectivity index (χ3n) is 1.76. The molecule has 70 valence electrons. The normalized spacial score (nSPS) is 9.92. The fourth-order valence-corrected chi connectivity index (χ4v) is 2.83. The van der Waals surface area contributed by atoms with E-state index in [4.69, 9.17) is 0 Å². The molecule has 0 aliphatic carbocycles. The number of hydrogen-bond acceptors (Lipinski definition) is 1. The van der Waals surface area contributed by atoms with Gasteiger partial charge in [0.1, 0.15) is 0 Å². The minimum atomic E-state index is 0.552. The molecular weight excluding hydrogens is 227 g/mol. The van der Waals surface area contributed by atoms with Crippen LogP contribution < -0.4 is 4.46 Å². The van der Waals surface area contributed by atoms with Gasteiger partial charge in [-0.1, -0.05) is 0 Å². The summed E-state index contributed by atoms with van der Waals surface area (Å²) in [6.07, 6.45) is 2.76. The molecule has 0 aromatic heterocycles. The van der Waals surface area contributed by atoms with Crippen molar-refractivity contribution in [3.63, 3.8) is 0 Å². The van der Waals surface area contributed by atoms with E-state index in [1.807, 2.05) is 0 Å². The van der Waals surface area contributed by atoms with Crippen molar-refractivity contribution in [3.05, 3.63) is 29.8 Å². The van der Waals surface area contributed by atoms with Gasteiger partial charge in [-0.05, 0) is 0 Å². The van der Waals surface area contributed by atoms with Crippen LogP contribution in [0.4, 0.5) is 0 Å². The molecule has 1 rings (SSSR count). The van der Waals surface area contributed by atoms with Crippen LogP contribution in [0.1, 0.15) is 18.4 Å². The second-order valence-electron chi connectivity index (χ2n) is 2.97. The molecule has 0 amide bonds. The van der Waals surface area contributed by atoms with Gasteiger partial charge in [-0.25, -0.2) is 0 Å². The van der Waals surface area contributed by atoms with E-state index in [0.717, 1.165) is 12.7 Å². The molecule has 0 heterocycles. The first-order valence-electron chi connectivity index (χ1n) is 4.46. The molecule has 2 heteroatoms. The number of carbonyl (C=O) groups excluding carboxylic acids is 1. The summed E-state index contributed by atoms with van der Waals surface area (Å²) >= 11 is 0.552. The van der Waals surface area contributed by atoms with Crippen LogP contribution in [0.25, 0.3) is 0 Å². The van der Waals surface area contributed by atoms with Gasteiger partial charge in [0.05, 0.1) is 0 Å². The summed E-state index contributed by atoms with van der Waals surface area (Å²) in [4.78, 5) is 10.1. The van der Waals surface area contributed by atoms with Crippen molar-refractivity contribution in [1.82, 2.24) is 0 Å². The Kier molecular flexibility index (Phi) is 4.80. The van der Waals surface area contributed by atoms with Crippen molar-refractivity contribution < 1.29 is 4.79 Å². The van der Waals surface area contributed by atoms with Gasteiger partial charge < -0.3 is 0 Å². The summed E-state index contributed by atoms with van der Waals surface area (Å²) in [5.74, 6) is 0.